The summed E-state index contributed by atoms with van der Waals surface area (Å²) >= 11 is 5.79. The number of furan rings is 1. The minimum Gasteiger partial charge on any atom is -0.455 e. The lowest BCUT2D eigenvalue weighted by Crippen LogP contribution is -2.31. The lowest BCUT2D eigenvalue weighted by atomic mass is 10.2. The van der Waals surface area contributed by atoms with Gasteiger partial charge in [-0.1, -0.05) is 30.7 Å². The molecule has 0 radical (unpaired) electrons. The molecule has 1 atom stereocenters. The number of amides is 1. The van der Waals surface area contributed by atoms with Crippen molar-refractivity contribution in [3.05, 3.63) is 58.5 Å². The Morgan fingerprint density at radius 2 is 1.83 bits per heavy atom. The van der Waals surface area contributed by atoms with E-state index in [1.54, 1.807) is 24.3 Å². The Morgan fingerprint density at radius 3 is 2.46 bits per heavy atom. The molecule has 1 amide bonds. The molecule has 2 rings (SSSR count). The van der Waals surface area contributed by atoms with E-state index in [0.717, 1.165) is 6.42 Å². The molecular weight excluding hydrogens is 350 g/mol. The second kappa shape index (κ2) is 7.85. The van der Waals surface area contributed by atoms with Gasteiger partial charge in [-0.2, -0.15) is 0 Å². The Kier molecular flexibility index (Phi) is 6.07. The van der Waals surface area contributed by atoms with E-state index in [1.165, 1.54) is 12.1 Å². The van der Waals surface area contributed by atoms with E-state index in [1.807, 2.05) is 13.8 Å². The number of nitrogens with one attached hydrogen (secondary N) is 1. The van der Waals surface area contributed by atoms with Crippen LogP contribution >= 0.6 is 11.6 Å². The molecule has 0 spiro atoms. The molecule has 24 heavy (non-hydrogen) atoms. The minimum atomic E-state index is -3.41. The molecule has 0 fully saturated rings. The first-order valence-electron chi connectivity index (χ1n) is 7.63. The van der Waals surface area contributed by atoms with Gasteiger partial charge in [0.15, 0.2) is 15.6 Å². The Balaban J connectivity index is 2.02. The third kappa shape index (κ3) is 5.39. The predicted octanol–water partition coefficient (Wildman–Crippen LogP) is 3.58. The summed E-state index contributed by atoms with van der Waals surface area (Å²) in [7, 11) is -3.41. The van der Waals surface area contributed by atoms with Crippen LogP contribution < -0.4 is 5.32 Å². The zero-order valence-corrected chi connectivity index (χ0v) is 15.2. The van der Waals surface area contributed by atoms with Crippen LogP contribution in [0.15, 0.2) is 40.8 Å². The van der Waals surface area contributed by atoms with Crippen molar-refractivity contribution in [3.63, 3.8) is 0 Å². The molecule has 0 aliphatic rings. The zero-order valence-electron chi connectivity index (χ0n) is 13.6. The second-order valence-corrected chi connectivity index (χ2v) is 8.21. The molecule has 0 saturated heterocycles. The SMILES string of the molecule is CC[C@H](C)NC(=O)c1ccc(CS(=O)(=O)Cc2ccc(Cl)cc2)o1. The summed E-state index contributed by atoms with van der Waals surface area (Å²) < 4.78 is 29.9. The highest BCUT2D eigenvalue weighted by Gasteiger charge is 2.18. The molecule has 1 N–H and O–H groups in total. The van der Waals surface area contributed by atoms with Crippen LogP contribution in [-0.4, -0.2) is 20.4 Å². The van der Waals surface area contributed by atoms with Gasteiger partial charge in [0.05, 0.1) is 5.75 Å². The molecule has 2 aromatic rings. The van der Waals surface area contributed by atoms with Crippen LogP contribution in [0.5, 0.6) is 0 Å². The van der Waals surface area contributed by atoms with Crippen LogP contribution in [0, 0.1) is 0 Å². The fourth-order valence-electron chi connectivity index (χ4n) is 2.08. The van der Waals surface area contributed by atoms with E-state index >= 15 is 0 Å². The standard InChI is InChI=1S/C17H20ClNO4S/c1-3-12(2)19-17(20)16-9-8-15(23-16)11-24(21,22)10-13-4-6-14(18)7-5-13/h4-9,12H,3,10-11H2,1-2H3,(H,19,20)/t12-/m0/s1. The van der Waals surface area contributed by atoms with Crippen molar-refractivity contribution in [2.24, 2.45) is 0 Å². The summed E-state index contributed by atoms with van der Waals surface area (Å²) in [6.45, 7) is 3.85. The highest BCUT2D eigenvalue weighted by atomic mass is 35.5. The summed E-state index contributed by atoms with van der Waals surface area (Å²) in [5.74, 6) is -0.346. The molecular formula is C17H20ClNO4S. The Labute approximate surface area is 146 Å². The summed E-state index contributed by atoms with van der Waals surface area (Å²) in [6.07, 6.45) is 0.800. The number of hydrogen-bond acceptors (Lipinski definition) is 4. The van der Waals surface area contributed by atoms with Crippen LogP contribution in [0.3, 0.4) is 0 Å². The maximum atomic E-state index is 12.3. The van der Waals surface area contributed by atoms with Gasteiger partial charge in [0.25, 0.3) is 5.91 Å². The lowest BCUT2D eigenvalue weighted by molar-refractivity contribution is 0.0909. The molecule has 7 heteroatoms. The fraction of sp³-hybridized carbons (Fsp3) is 0.353. The van der Waals surface area contributed by atoms with Crippen molar-refractivity contribution >= 4 is 27.3 Å². The summed E-state index contributed by atoms with van der Waals surface area (Å²) in [5.41, 5.74) is 0.653. The van der Waals surface area contributed by atoms with Crippen molar-refractivity contribution < 1.29 is 17.6 Å². The van der Waals surface area contributed by atoms with E-state index in [2.05, 4.69) is 5.32 Å². The Bertz CT molecular complexity index is 796. The molecule has 130 valence electrons. The highest BCUT2D eigenvalue weighted by molar-refractivity contribution is 7.89. The van der Waals surface area contributed by atoms with Gasteiger partial charge in [-0.25, -0.2) is 8.42 Å². The Hall–Kier alpha value is -1.79. The average molecular weight is 370 g/mol. The van der Waals surface area contributed by atoms with Crippen LogP contribution in [0.4, 0.5) is 0 Å². The number of carbonyl (C=O) groups excluding carboxylic acids is 1. The first-order valence-corrected chi connectivity index (χ1v) is 9.83. The van der Waals surface area contributed by atoms with Crippen molar-refractivity contribution in [1.29, 1.82) is 0 Å². The number of benzene rings is 1. The number of halogens is 1. The van der Waals surface area contributed by atoms with Gasteiger partial charge in [0, 0.05) is 11.1 Å². The van der Waals surface area contributed by atoms with E-state index < -0.39 is 9.84 Å². The summed E-state index contributed by atoms with van der Waals surface area (Å²) in [4.78, 5) is 11.9. The molecule has 0 unspecified atom stereocenters. The predicted molar refractivity (Wildman–Crippen MR) is 93.7 cm³/mol. The van der Waals surface area contributed by atoms with E-state index in [-0.39, 0.29) is 35.0 Å². The van der Waals surface area contributed by atoms with E-state index in [9.17, 15) is 13.2 Å². The van der Waals surface area contributed by atoms with Crippen molar-refractivity contribution in [2.45, 2.75) is 37.8 Å². The monoisotopic (exact) mass is 369 g/mol. The minimum absolute atomic E-state index is 0.0275. The smallest absolute Gasteiger partial charge is 0.287 e. The average Bonchev–Trinajstić information content (AvgIpc) is 2.97. The van der Waals surface area contributed by atoms with Gasteiger partial charge in [0.2, 0.25) is 0 Å². The van der Waals surface area contributed by atoms with E-state index in [0.29, 0.717) is 10.6 Å². The molecule has 0 bridgehead atoms. The number of rotatable bonds is 7. The summed E-state index contributed by atoms with van der Waals surface area (Å²) in [5, 5.41) is 3.33. The second-order valence-electron chi connectivity index (χ2n) is 5.71. The normalized spacial score (nSPS) is 12.8. The Morgan fingerprint density at radius 1 is 1.17 bits per heavy atom. The number of carbonyl (C=O) groups is 1. The van der Waals surface area contributed by atoms with Crippen molar-refractivity contribution in [2.75, 3.05) is 0 Å². The maximum absolute atomic E-state index is 12.3. The van der Waals surface area contributed by atoms with Crippen LogP contribution in [-0.2, 0) is 21.3 Å². The lowest BCUT2D eigenvalue weighted by Gasteiger charge is -2.09. The third-order valence-electron chi connectivity index (χ3n) is 3.54. The first kappa shape index (κ1) is 18.5. The van der Waals surface area contributed by atoms with Crippen LogP contribution in [0.1, 0.15) is 42.1 Å². The molecule has 1 heterocycles. The molecule has 5 nitrogen and oxygen atoms in total. The fourth-order valence-corrected chi connectivity index (χ4v) is 3.59. The molecule has 0 aliphatic carbocycles. The molecule has 0 saturated carbocycles. The van der Waals surface area contributed by atoms with Crippen molar-refractivity contribution in [1.82, 2.24) is 5.32 Å². The van der Waals surface area contributed by atoms with Gasteiger partial charge < -0.3 is 9.73 Å². The first-order chi connectivity index (χ1) is 11.3. The van der Waals surface area contributed by atoms with Gasteiger partial charge in [-0.15, -0.1) is 0 Å². The topological polar surface area (TPSA) is 76.4 Å². The summed E-state index contributed by atoms with van der Waals surface area (Å²) in [6, 6.07) is 9.68. The number of sulfone groups is 1. The molecule has 1 aromatic heterocycles. The molecule has 1 aromatic carbocycles. The number of hydrogen-bond donors (Lipinski definition) is 1. The van der Waals surface area contributed by atoms with Gasteiger partial charge >= 0.3 is 0 Å². The van der Waals surface area contributed by atoms with Gasteiger partial charge in [-0.05, 0) is 43.2 Å². The van der Waals surface area contributed by atoms with Crippen LogP contribution in [0.25, 0.3) is 0 Å². The third-order valence-corrected chi connectivity index (χ3v) is 5.29. The zero-order chi connectivity index (χ0) is 17.7. The van der Waals surface area contributed by atoms with Crippen molar-refractivity contribution in [3.8, 4) is 0 Å². The molecule has 0 aliphatic heterocycles. The van der Waals surface area contributed by atoms with Crippen LogP contribution in [0.2, 0.25) is 5.02 Å². The highest BCUT2D eigenvalue weighted by Crippen LogP contribution is 2.17. The van der Waals surface area contributed by atoms with Gasteiger partial charge in [0.1, 0.15) is 11.5 Å². The van der Waals surface area contributed by atoms with E-state index in [4.69, 9.17) is 16.0 Å². The van der Waals surface area contributed by atoms with Gasteiger partial charge in [-0.3, -0.25) is 4.79 Å². The quantitative estimate of drug-likeness (QED) is 0.809. The maximum Gasteiger partial charge on any atom is 0.287 e. The largest absolute Gasteiger partial charge is 0.455 e.